The number of fused-ring (bicyclic) bond motifs is 1. The largest absolute Gasteiger partial charge is 0.451 e. The van der Waals surface area contributed by atoms with Gasteiger partial charge in [0.15, 0.2) is 11.6 Å². The van der Waals surface area contributed by atoms with E-state index in [9.17, 15) is 4.39 Å². The van der Waals surface area contributed by atoms with Crippen LogP contribution in [-0.2, 0) is 0 Å². The fourth-order valence-electron chi connectivity index (χ4n) is 1.98. The van der Waals surface area contributed by atoms with Gasteiger partial charge in [-0.2, -0.15) is 0 Å². The molecular formula is C15H9Br2FN2O. The molecule has 1 heterocycles. The average Bonchev–Trinajstić information content (AvgIpc) is 2.45. The highest BCUT2D eigenvalue weighted by Gasteiger charge is 2.15. The summed E-state index contributed by atoms with van der Waals surface area (Å²) in [6.45, 7) is 0. The first-order valence-corrected chi connectivity index (χ1v) is 7.60. The van der Waals surface area contributed by atoms with Crippen molar-refractivity contribution in [3.8, 4) is 11.5 Å². The molecule has 1 aromatic heterocycles. The number of halogens is 3. The second kappa shape index (κ2) is 5.61. The molecule has 3 rings (SSSR count). The van der Waals surface area contributed by atoms with E-state index in [4.69, 9.17) is 10.5 Å². The molecule has 0 radical (unpaired) electrons. The zero-order chi connectivity index (χ0) is 15.0. The highest BCUT2D eigenvalue weighted by atomic mass is 79.9. The summed E-state index contributed by atoms with van der Waals surface area (Å²) >= 11 is 6.74. The van der Waals surface area contributed by atoms with E-state index in [0.29, 0.717) is 26.8 Å². The quantitative estimate of drug-likeness (QED) is 0.584. The molecule has 0 fully saturated rings. The number of benzene rings is 2. The van der Waals surface area contributed by atoms with E-state index in [-0.39, 0.29) is 5.75 Å². The van der Waals surface area contributed by atoms with Gasteiger partial charge in [-0.1, -0.05) is 15.9 Å². The van der Waals surface area contributed by atoms with Gasteiger partial charge in [-0.3, -0.25) is 4.98 Å². The Balaban J connectivity index is 2.16. The van der Waals surface area contributed by atoms with Crippen LogP contribution in [0.3, 0.4) is 0 Å². The Bertz CT molecular complexity index is 839. The van der Waals surface area contributed by atoms with Crippen LogP contribution < -0.4 is 10.5 Å². The van der Waals surface area contributed by atoms with Crippen molar-refractivity contribution >= 4 is 48.5 Å². The molecule has 0 saturated heterocycles. The van der Waals surface area contributed by atoms with Crippen molar-refractivity contribution in [2.45, 2.75) is 0 Å². The summed E-state index contributed by atoms with van der Waals surface area (Å²) in [6.07, 6.45) is 1.57. The highest BCUT2D eigenvalue weighted by molar-refractivity contribution is 9.11. The number of nitrogens with two attached hydrogens (primary N) is 1. The Morgan fingerprint density at radius 3 is 2.71 bits per heavy atom. The minimum atomic E-state index is -0.548. The standard InChI is InChI=1S/C15H9Br2FN2O/c16-8-3-4-13(10(17)6-8)21-15-11(18)7-12(19)9-2-1-5-20-14(9)15/h1-7H,19H2. The molecule has 3 aromatic rings. The summed E-state index contributed by atoms with van der Waals surface area (Å²) in [7, 11) is 0. The molecule has 0 saturated carbocycles. The highest BCUT2D eigenvalue weighted by Crippen LogP contribution is 2.37. The predicted octanol–water partition coefficient (Wildman–Crippen LogP) is 5.27. The number of ether oxygens (including phenoxy) is 1. The van der Waals surface area contributed by atoms with Gasteiger partial charge in [-0.15, -0.1) is 0 Å². The zero-order valence-electron chi connectivity index (χ0n) is 10.6. The van der Waals surface area contributed by atoms with Gasteiger partial charge in [0.25, 0.3) is 0 Å². The van der Waals surface area contributed by atoms with Crippen LogP contribution in [0.2, 0.25) is 0 Å². The van der Waals surface area contributed by atoms with E-state index >= 15 is 0 Å². The third kappa shape index (κ3) is 2.73. The predicted molar refractivity (Wildman–Crippen MR) is 88.0 cm³/mol. The number of pyridine rings is 1. The molecule has 106 valence electrons. The van der Waals surface area contributed by atoms with E-state index in [1.165, 1.54) is 6.07 Å². The summed E-state index contributed by atoms with van der Waals surface area (Å²) in [6, 6.07) is 10.1. The molecule has 0 aliphatic carbocycles. The molecule has 0 bridgehead atoms. The maximum atomic E-state index is 14.2. The van der Waals surface area contributed by atoms with Gasteiger partial charge in [-0.25, -0.2) is 4.39 Å². The number of nitrogens with zero attached hydrogens (tertiary/aromatic N) is 1. The molecule has 6 heteroatoms. The van der Waals surface area contributed by atoms with Crippen LogP contribution in [0.1, 0.15) is 0 Å². The van der Waals surface area contributed by atoms with Gasteiger partial charge in [-0.05, 0) is 46.3 Å². The third-order valence-corrected chi connectivity index (χ3v) is 4.05. The lowest BCUT2D eigenvalue weighted by molar-refractivity contribution is 0.445. The van der Waals surface area contributed by atoms with E-state index in [1.54, 1.807) is 24.4 Å². The van der Waals surface area contributed by atoms with Gasteiger partial charge >= 0.3 is 0 Å². The van der Waals surface area contributed by atoms with Crippen molar-refractivity contribution in [3.05, 3.63) is 57.4 Å². The molecule has 3 nitrogen and oxygen atoms in total. The van der Waals surface area contributed by atoms with Crippen LogP contribution in [0.25, 0.3) is 10.9 Å². The topological polar surface area (TPSA) is 48.1 Å². The number of aromatic nitrogens is 1. The molecule has 2 N–H and O–H groups in total. The molecule has 0 aliphatic rings. The van der Waals surface area contributed by atoms with Crippen LogP contribution in [0.15, 0.2) is 51.5 Å². The Morgan fingerprint density at radius 1 is 1.14 bits per heavy atom. The van der Waals surface area contributed by atoms with Crippen LogP contribution in [-0.4, -0.2) is 4.98 Å². The molecule has 0 aliphatic heterocycles. The molecule has 0 spiro atoms. The van der Waals surface area contributed by atoms with Crippen LogP contribution in [0.4, 0.5) is 10.1 Å². The van der Waals surface area contributed by atoms with Gasteiger partial charge in [0, 0.05) is 27.8 Å². The SMILES string of the molecule is Nc1cc(F)c(Oc2ccc(Br)cc2Br)c2ncccc12. The maximum Gasteiger partial charge on any atom is 0.189 e. The first-order valence-electron chi connectivity index (χ1n) is 6.02. The summed E-state index contributed by atoms with van der Waals surface area (Å²) in [5.41, 5.74) is 6.54. The summed E-state index contributed by atoms with van der Waals surface area (Å²) in [5, 5.41) is 0.655. The number of nitrogen functional groups attached to an aromatic ring is 1. The van der Waals surface area contributed by atoms with E-state index in [0.717, 1.165) is 4.47 Å². The van der Waals surface area contributed by atoms with Crippen molar-refractivity contribution in [2.24, 2.45) is 0 Å². The second-order valence-corrected chi connectivity index (χ2v) is 6.12. The van der Waals surface area contributed by atoms with Crippen LogP contribution in [0, 0.1) is 5.82 Å². The molecule has 21 heavy (non-hydrogen) atoms. The normalized spacial score (nSPS) is 10.8. The van der Waals surface area contributed by atoms with Crippen molar-refractivity contribution in [1.29, 1.82) is 0 Å². The van der Waals surface area contributed by atoms with E-state index < -0.39 is 5.82 Å². The second-order valence-electron chi connectivity index (χ2n) is 4.35. The number of hydrogen-bond donors (Lipinski definition) is 1. The lowest BCUT2D eigenvalue weighted by Crippen LogP contribution is -1.96. The Labute approximate surface area is 137 Å². The first kappa shape index (κ1) is 14.3. The Kier molecular flexibility index (Phi) is 3.82. The molecule has 0 unspecified atom stereocenters. The lowest BCUT2D eigenvalue weighted by Gasteiger charge is -2.12. The van der Waals surface area contributed by atoms with Crippen LogP contribution in [0.5, 0.6) is 11.5 Å². The first-order chi connectivity index (χ1) is 10.1. The monoisotopic (exact) mass is 410 g/mol. The molecule has 0 amide bonds. The Hall–Kier alpha value is -1.66. The molecular weight excluding hydrogens is 403 g/mol. The Morgan fingerprint density at radius 2 is 1.95 bits per heavy atom. The van der Waals surface area contributed by atoms with Gasteiger partial charge < -0.3 is 10.5 Å². The van der Waals surface area contributed by atoms with Gasteiger partial charge in [0.1, 0.15) is 11.3 Å². The number of rotatable bonds is 2. The minimum Gasteiger partial charge on any atom is -0.451 e. The number of hydrogen-bond acceptors (Lipinski definition) is 3. The number of anilines is 1. The maximum absolute atomic E-state index is 14.2. The smallest absolute Gasteiger partial charge is 0.189 e. The molecule has 2 aromatic carbocycles. The van der Waals surface area contributed by atoms with Crippen LogP contribution >= 0.6 is 31.9 Å². The average molecular weight is 412 g/mol. The van der Waals surface area contributed by atoms with Crippen molar-refractivity contribution < 1.29 is 9.13 Å². The third-order valence-electron chi connectivity index (χ3n) is 2.94. The van der Waals surface area contributed by atoms with Gasteiger partial charge in [0.05, 0.1) is 4.47 Å². The van der Waals surface area contributed by atoms with E-state index in [2.05, 4.69) is 36.8 Å². The summed E-state index contributed by atoms with van der Waals surface area (Å²) < 4.78 is 21.5. The summed E-state index contributed by atoms with van der Waals surface area (Å²) in [5.74, 6) is 0.00478. The van der Waals surface area contributed by atoms with Crippen molar-refractivity contribution in [1.82, 2.24) is 4.98 Å². The minimum absolute atomic E-state index is 0.0582. The summed E-state index contributed by atoms with van der Waals surface area (Å²) in [4.78, 5) is 4.18. The fourth-order valence-corrected chi connectivity index (χ4v) is 3.11. The molecule has 0 atom stereocenters. The lowest BCUT2D eigenvalue weighted by atomic mass is 10.1. The van der Waals surface area contributed by atoms with Gasteiger partial charge in [0.2, 0.25) is 0 Å². The fraction of sp³-hybridized carbons (Fsp3) is 0. The zero-order valence-corrected chi connectivity index (χ0v) is 13.8. The van der Waals surface area contributed by atoms with E-state index in [1.807, 2.05) is 12.1 Å². The van der Waals surface area contributed by atoms with Crippen molar-refractivity contribution in [3.63, 3.8) is 0 Å². The van der Waals surface area contributed by atoms with Crippen molar-refractivity contribution in [2.75, 3.05) is 5.73 Å².